The maximum atomic E-state index is 12.2. The molecular weight excluding hydrogens is 439 g/mol. The summed E-state index contributed by atoms with van der Waals surface area (Å²) in [4.78, 5) is 13.8. The number of benzene rings is 2. The van der Waals surface area contributed by atoms with Gasteiger partial charge in [0.15, 0.2) is 0 Å². The zero-order valence-corrected chi connectivity index (χ0v) is 18.1. The lowest BCUT2D eigenvalue weighted by Crippen LogP contribution is -2.37. The van der Waals surface area contributed by atoms with Gasteiger partial charge in [-0.05, 0) is 55.3 Å². The van der Waals surface area contributed by atoms with E-state index in [1.165, 1.54) is 0 Å². The van der Waals surface area contributed by atoms with Gasteiger partial charge in [-0.25, -0.2) is 13.2 Å². The quantitative estimate of drug-likeness (QED) is 0.673. The smallest absolute Gasteiger partial charge is 0.413 e. The first-order valence-electron chi connectivity index (χ1n) is 8.78. The Morgan fingerprint density at radius 3 is 2.45 bits per heavy atom. The lowest BCUT2D eigenvalue weighted by molar-refractivity contribution is -0.0132. The topological polar surface area (TPSA) is 84.9 Å². The lowest BCUT2D eigenvalue weighted by atomic mass is 10.1. The Balaban J connectivity index is 1.59. The van der Waals surface area contributed by atoms with Crippen LogP contribution in [0, 0.1) is 0 Å². The molecule has 3 rings (SSSR count). The zero-order chi connectivity index (χ0) is 21.2. The van der Waals surface area contributed by atoms with E-state index in [1.54, 1.807) is 41.3 Å². The highest BCUT2D eigenvalue weighted by Gasteiger charge is 2.40. The number of ether oxygens (including phenoxy) is 2. The van der Waals surface area contributed by atoms with Crippen molar-refractivity contribution in [2.45, 2.75) is 25.7 Å². The average molecular weight is 459 g/mol. The summed E-state index contributed by atoms with van der Waals surface area (Å²) in [5, 5.41) is 0.951. The van der Waals surface area contributed by atoms with Crippen molar-refractivity contribution in [3.05, 3.63) is 58.1 Å². The van der Waals surface area contributed by atoms with Crippen molar-refractivity contribution in [3.8, 4) is 5.75 Å². The number of amides is 1. The molecule has 1 fully saturated rings. The minimum absolute atomic E-state index is 0.306. The Morgan fingerprint density at radius 1 is 1.14 bits per heavy atom. The Kier molecular flexibility index (Phi) is 6.45. The largest absolute Gasteiger partial charge is 0.452 e. The standard InChI is InChI=1S/C19H20Cl2N2O5S/c1-12-18(27-15-6-4-14(5-7-15)22-29(2,25)26)28-19(24)23(12)10-9-13-3-8-16(20)17(21)11-13/h3-8,11-12,18,22H,9-10H2,1-2H3. The van der Waals surface area contributed by atoms with Gasteiger partial charge in [-0.15, -0.1) is 0 Å². The Hall–Kier alpha value is -2.16. The molecule has 2 atom stereocenters. The lowest BCUT2D eigenvalue weighted by Gasteiger charge is -2.21. The first kappa shape index (κ1) is 21.5. The Morgan fingerprint density at radius 2 is 1.83 bits per heavy atom. The minimum atomic E-state index is -3.35. The number of halogens is 2. The molecular formula is C19H20Cl2N2O5S. The summed E-state index contributed by atoms with van der Waals surface area (Å²) >= 11 is 12.0. The van der Waals surface area contributed by atoms with Crippen LogP contribution in [-0.2, 0) is 21.2 Å². The van der Waals surface area contributed by atoms with Gasteiger partial charge in [0.25, 0.3) is 6.29 Å². The summed E-state index contributed by atoms with van der Waals surface area (Å²) in [7, 11) is -3.35. The van der Waals surface area contributed by atoms with Crippen LogP contribution in [-0.4, -0.2) is 44.5 Å². The van der Waals surface area contributed by atoms with Crippen molar-refractivity contribution >= 4 is 45.0 Å². The molecule has 0 aromatic heterocycles. The molecule has 0 saturated carbocycles. The molecule has 1 aliphatic rings. The van der Waals surface area contributed by atoms with Crippen LogP contribution in [0.15, 0.2) is 42.5 Å². The van der Waals surface area contributed by atoms with Gasteiger partial charge in [-0.3, -0.25) is 9.62 Å². The molecule has 2 aromatic rings. The van der Waals surface area contributed by atoms with E-state index in [4.69, 9.17) is 32.7 Å². The highest BCUT2D eigenvalue weighted by molar-refractivity contribution is 7.92. The molecule has 1 amide bonds. The van der Waals surface area contributed by atoms with Crippen LogP contribution in [0.4, 0.5) is 10.5 Å². The van der Waals surface area contributed by atoms with Crippen LogP contribution in [0.25, 0.3) is 0 Å². The molecule has 0 spiro atoms. The van der Waals surface area contributed by atoms with Gasteiger partial charge in [-0.2, -0.15) is 0 Å². The van der Waals surface area contributed by atoms with Gasteiger partial charge < -0.3 is 9.47 Å². The number of carbonyl (C=O) groups excluding carboxylic acids is 1. The van der Waals surface area contributed by atoms with Crippen molar-refractivity contribution in [2.75, 3.05) is 17.5 Å². The number of rotatable bonds is 7. The van der Waals surface area contributed by atoms with Gasteiger partial charge in [-0.1, -0.05) is 29.3 Å². The van der Waals surface area contributed by atoms with Crippen LogP contribution < -0.4 is 9.46 Å². The fourth-order valence-electron chi connectivity index (χ4n) is 2.89. The first-order chi connectivity index (χ1) is 13.6. The molecule has 10 heteroatoms. The second kappa shape index (κ2) is 8.69. The predicted molar refractivity (Wildman–Crippen MR) is 112 cm³/mol. The maximum absolute atomic E-state index is 12.2. The van der Waals surface area contributed by atoms with Gasteiger partial charge in [0, 0.05) is 12.2 Å². The number of carbonyl (C=O) groups is 1. The molecule has 1 aliphatic heterocycles. The van der Waals surface area contributed by atoms with Gasteiger partial charge >= 0.3 is 6.09 Å². The summed E-state index contributed by atoms with van der Waals surface area (Å²) in [6, 6.07) is 11.4. The van der Waals surface area contributed by atoms with E-state index in [2.05, 4.69) is 4.72 Å². The van der Waals surface area contributed by atoms with Gasteiger partial charge in [0.2, 0.25) is 10.0 Å². The molecule has 2 unspecified atom stereocenters. The number of cyclic esters (lactones) is 1. The molecule has 1 N–H and O–H groups in total. The third-order valence-electron chi connectivity index (χ3n) is 4.37. The average Bonchev–Trinajstić information content (AvgIpc) is 2.90. The fraction of sp³-hybridized carbons (Fsp3) is 0.316. The van der Waals surface area contributed by atoms with Crippen LogP contribution in [0.1, 0.15) is 12.5 Å². The zero-order valence-electron chi connectivity index (χ0n) is 15.8. The van der Waals surface area contributed by atoms with E-state index in [-0.39, 0.29) is 6.04 Å². The SMILES string of the molecule is CC1C(Oc2ccc(NS(C)(=O)=O)cc2)OC(=O)N1CCc1ccc(Cl)c(Cl)c1. The van der Waals surface area contributed by atoms with Crippen molar-refractivity contribution in [1.82, 2.24) is 4.90 Å². The van der Waals surface area contributed by atoms with Crippen LogP contribution in [0.2, 0.25) is 10.0 Å². The highest BCUT2D eigenvalue weighted by atomic mass is 35.5. The summed E-state index contributed by atoms with van der Waals surface area (Å²) in [6.07, 6.45) is 0.432. The molecule has 1 saturated heterocycles. The molecule has 2 aromatic carbocycles. The monoisotopic (exact) mass is 458 g/mol. The summed E-state index contributed by atoms with van der Waals surface area (Å²) < 4.78 is 36.0. The predicted octanol–water partition coefficient (Wildman–Crippen LogP) is 4.15. The summed E-state index contributed by atoms with van der Waals surface area (Å²) in [5.41, 5.74) is 1.37. The summed E-state index contributed by atoms with van der Waals surface area (Å²) in [6.45, 7) is 2.28. The van der Waals surface area contributed by atoms with Crippen LogP contribution in [0.3, 0.4) is 0 Å². The molecule has 7 nitrogen and oxygen atoms in total. The third kappa shape index (κ3) is 5.68. The minimum Gasteiger partial charge on any atom is -0.452 e. The molecule has 0 aliphatic carbocycles. The van der Waals surface area contributed by atoms with E-state index >= 15 is 0 Å². The molecule has 1 heterocycles. The van der Waals surface area contributed by atoms with Crippen molar-refractivity contribution in [2.24, 2.45) is 0 Å². The number of anilines is 1. The van der Waals surface area contributed by atoms with E-state index in [0.717, 1.165) is 11.8 Å². The Bertz CT molecular complexity index is 998. The van der Waals surface area contributed by atoms with Crippen molar-refractivity contribution in [3.63, 3.8) is 0 Å². The van der Waals surface area contributed by atoms with E-state index in [0.29, 0.717) is 34.4 Å². The number of nitrogens with zero attached hydrogens (tertiary/aromatic N) is 1. The second-order valence-electron chi connectivity index (χ2n) is 6.70. The highest BCUT2D eigenvalue weighted by Crippen LogP contribution is 2.26. The second-order valence-corrected chi connectivity index (χ2v) is 9.26. The molecule has 0 bridgehead atoms. The molecule has 156 valence electrons. The number of sulfonamides is 1. The normalized spacial score (nSPS) is 19.2. The van der Waals surface area contributed by atoms with Gasteiger partial charge in [0.05, 0.1) is 16.3 Å². The molecule has 0 radical (unpaired) electrons. The number of hydrogen-bond acceptors (Lipinski definition) is 5. The first-order valence-corrected chi connectivity index (χ1v) is 11.4. The molecule has 29 heavy (non-hydrogen) atoms. The fourth-order valence-corrected chi connectivity index (χ4v) is 3.78. The van der Waals surface area contributed by atoms with Crippen molar-refractivity contribution < 1.29 is 22.7 Å². The number of nitrogens with one attached hydrogen (secondary N) is 1. The van der Waals surface area contributed by atoms with Gasteiger partial charge in [0.1, 0.15) is 11.8 Å². The van der Waals surface area contributed by atoms with E-state index in [9.17, 15) is 13.2 Å². The van der Waals surface area contributed by atoms with E-state index < -0.39 is 22.4 Å². The Labute approximate surface area is 179 Å². The summed E-state index contributed by atoms with van der Waals surface area (Å²) in [5.74, 6) is 0.458. The third-order valence-corrected chi connectivity index (χ3v) is 5.72. The van der Waals surface area contributed by atoms with Crippen LogP contribution in [0.5, 0.6) is 5.75 Å². The number of hydrogen-bond donors (Lipinski definition) is 1. The van der Waals surface area contributed by atoms with Crippen LogP contribution >= 0.6 is 23.2 Å². The van der Waals surface area contributed by atoms with E-state index in [1.807, 2.05) is 13.0 Å². The van der Waals surface area contributed by atoms with Crippen molar-refractivity contribution in [1.29, 1.82) is 0 Å². The maximum Gasteiger partial charge on any atom is 0.413 e.